The zero-order valence-corrected chi connectivity index (χ0v) is 18.8. The largest absolute Gasteiger partial charge is 0.340 e. The van der Waals surface area contributed by atoms with E-state index < -0.39 is 5.54 Å². The van der Waals surface area contributed by atoms with Crippen molar-refractivity contribution in [1.29, 1.82) is 0 Å². The first-order valence-corrected chi connectivity index (χ1v) is 11.6. The van der Waals surface area contributed by atoms with Crippen LogP contribution < -0.4 is 0 Å². The monoisotopic (exact) mass is 463 g/mol. The molecule has 0 saturated carbocycles. The SMILES string of the molecule is CCC1CCCCN1C(=O)CC1(c2ccc(Br)cc2)c2ccccc2-c2nccn21. The fourth-order valence-electron chi connectivity index (χ4n) is 5.36. The van der Waals surface area contributed by atoms with E-state index in [0.717, 1.165) is 52.8 Å². The Morgan fingerprint density at radius 1 is 1.17 bits per heavy atom. The first-order valence-electron chi connectivity index (χ1n) is 10.8. The van der Waals surface area contributed by atoms with Crippen molar-refractivity contribution in [2.45, 2.75) is 50.6 Å². The van der Waals surface area contributed by atoms with Crippen LogP contribution in [0.25, 0.3) is 11.4 Å². The Balaban J connectivity index is 1.66. The van der Waals surface area contributed by atoms with Gasteiger partial charge < -0.3 is 9.47 Å². The summed E-state index contributed by atoms with van der Waals surface area (Å²) in [5, 5.41) is 0. The number of benzene rings is 2. The number of hydrogen-bond acceptors (Lipinski definition) is 2. The van der Waals surface area contributed by atoms with E-state index in [9.17, 15) is 4.79 Å². The number of amides is 1. The second kappa shape index (κ2) is 7.69. The van der Waals surface area contributed by atoms with E-state index in [1.54, 1.807) is 0 Å². The molecule has 0 aliphatic carbocycles. The Morgan fingerprint density at radius 3 is 2.77 bits per heavy atom. The van der Waals surface area contributed by atoms with Gasteiger partial charge in [-0.05, 0) is 48.9 Å². The van der Waals surface area contributed by atoms with Crippen molar-refractivity contribution >= 4 is 21.8 Å². The fraction of sp³-hybridized carbons (Fsp3) is 0.360. The first kappa shape index (κ1) is 19.6. The smallest absolute Gasteiger partial charge is 0.225 e. The van der Waals surface area contributed by atoms with Gasteiger partial charge in [-0.15, -0.1) is 0 Å². The number of hydrogen-bond donors (Lipinski definition) is 0. The molecule has 2 unspecified atom stereocenters. The van der Waals surface area contributed by atoms with Gasteiger partial charge in [0.25, 0.3) is 0 Å². The summed E-state index contributed by atoms with van der Waals surface area (Å²) in [6, 6.07) is 17.2. The van der Waals surface area contributed by atoms with E-state index in [-0.39, 0.29) is 5.91 Å². The summed E-state index contributed by atoms with van der Waals surface area (Å²) in [6.45, 7) is 3.06. The van der Waals surface area contributed by atoms with E-state index in [1.165, 1.54) is 6.42 Å². The van der Waals surface area contributed by atoms with Crippen LogP contribution in [0, 0.1) is 0 Å². The minimum absolute atomic E-state index is 0.237. The van der Waals surface area contributed by atoms with Crippen molar-refractivity contribution in [3.05, 3.63) is 76.5 Å². The molecule has 5 rings (SSSR count). The molecule has 0 radical (unpaired) electrons. The summed E-state index contributed by atoms with van der Waals surface area (Å²) in [5.74, 6) is 1.17. The quantitative estimate of drug-likeness (QED) is 0.504. The lowest BCUT2D eigenvalue weighted by Gasteiger charge is -2.39. The number of rotatable bonds is 4. The van der Waals surface area contributed by atoms with Crippen molar-refractivity contribution in [1.82, 2.24) is 14.5 Å². The van der Waals surface area contributed by atoms with Gasteiger partial charge >= 0.3 is 0 Å². The van der Waals surface area contributed by atoms with E-state index in [1.807, 2.05) is 12.4 Å². The molecule has 2 aromatic carbocycles. The maximum atomic E-state index is 13.8. The minimum atomic E-state index is -0.573. The predicted octanol–water partition coefficient (Wildman–Crippen LogP) is 5.60. The van der Waals surface area contributed by atoms with Crippen LogP contribution in [0.4, 0.5) is 0 Å². The second-order valence-corrected chi connectivity index (χ2v) is 9.27. The zero-order chi connectivity index (χ0) is 20.7. The van der Waals surface area contributed by atoms with Crippen molar-refractivity contribution in [2.75, 3.05) is 6.54 Å². The number of carbonyl (C=O) groups excluding carboxylic acids is 1. The molecule has 1 amide bonds. The maximum absolute atomic E-state index is 13.8. The van der Waals surface area contributed by atoms with Crippen LogP contribution >= 0.6 is 15.9 Å². The molecule has 4 nitrogen and oxygen atoms in total. The highest BCUT2D eigenvalue weighted by Crippen LogP contribution is 2.49. The topological polar surface area (TPSA) is 38.1 Å². The molecule has 5 heteroatoms. The number of aromatic nitrogens is 2. The molecule has 0 spiro atoms. The number of nitrogens with zero attached hydrogens (tertiary/aromatic N) is 3. The Bertz CT molecular complexity index is 1070. The lowest BCUT2D eigenvalue weighted by atomic mass is 9.79. The highest BCUT2D eigenvalue weighted by Gasteiger charge is 2.47. The molecule has 30 heavy (non-hydrogen) atoms. The Kier molecular flexibility index (Phi) is 5.02. The third-order valence-corrected chi connectivity index (χ3v) is 7.34. The van der Waals surface area contributed by atoms with Crippen LogP contribution in [0.15, 0.2) is 65.4 Å². The van der Waals surface area contributed by atoms with E-state index in [2.05, 4.69) is 85.8 Å². The molecule has 1 saturated heterocycles. The summed E-state index contributed by atoms with van der Waals surface area (Å²) in [7, 11) is 0. The van der Waals surface area contributed by atoms with Gasteiger partial charge in [0.15, 0.2) is 0 Å². The molecule has 3 aromatic rings. The standard InChI is InChI=1S/C25H26BrN3O/c1-2-20-7-5-6-15-28(20)23(30)17-25(18-10-12-19(26)13-11-18)22-9-4-3-8-21(22)24-27-14-16-29(24)25/h3-4,8-14,16,20H,2,5-7,15,17H2,1H3. The van der Waals surface area contributed by atoms with Gasteiger partial charge in [-0.25, -0.2) is 4.98 Å². The van der Waals surface area contributed by atoms with Crippen LogP contribution in [0.5, 0.6) is 0 Å². The zero-order valence-electron chi connectivity index (χ0n) is 17.2. The third kappa shape index (κ3) is 2.94. The Morgan fingerprint density at radius 2 is 1.97 bits per heavy atom. The van der Waals surface area contributed by atoms with E-state index >= 15 is 0 Å². The molecule has 2 aliphatic rings. The van der Waals surface area contributed by atoms with Gasteiger partial charge in [0.1, 0.15) is 11.4 Å². The van der Waals surface area contributed by atoms with E-state index in [0.29, 0.717) is 12.5 Å². The highest BCUT2D eigenvalue weighted by atomic mass is 79.9. The molecule has 1 fully saturated rings. The van der Waals surface area contributed by atoms with Gasteiger partial charge in [-0.2, -0.15) is 0 Å². The maximum Gasteiger partial charge on any atom is 0.225 e. The molecule has 1 aromatic heterocycles. The summed E-state index contributed by atoms with van der Waals surface area (Å²) >= 11 is 3.56. The van der Waals surface area contributed by atoms with Crippen LogP contribution in [-0.4, -0.2) is 32.9 Å². The van der Waals surface area contributed by atoms with Gasteiger partial charge in [0, 0.05) is 35.0 Å². The number of fused-ring (bicyclic) bond motifs is 3. The molecular formula is C25H26BrN3O. The van der Waals surface area contributed by atoms with Crippen molar-refractivity contribution in [3.8, 4) is 11.4 Å². The van der Waals surface area contributed by atoms with Crippen LogP contribution in [-0.2, 0) is 10.3 Å². The number of imidazole rings is 1. The van der Waals surface area contributed by atoms with Crippen LogP contribution in [0.1, 0.15) is 50.2 Å². The lowest BCUT2D eigenvalue weighted by molar-refractivity contribution is -0.136. The summed E-state index contributed by atoms with van der Waals surface area (Å²) in [5.41, 5.74) is 2.82. The molecular weight excluding hydrogens is 438 g/mol. The molecule has 0 bridgehead atoms. The Hall–Kier alpha value is -2.40. The number of likely N-dealkylation sites (tertiary alicyclic amines) is 1. The normalized spacial score (nSPS) is 22.6. The lowest BCUT2D eigenvalue weighted by Crippen LogP contribution is -2.47. The molecule has 0 N–H and O–H groups in total. The number of halogens is 1. The van der Waals surface area contributed by atoms with Crippen LogP contribution in [0.2, 0.25) is 0 Å². The molecule has 2 atom stereocenters. The number of carbonyl (C=O) groups is 1. The molecule has 154 valence electrons. The van der Waals surface area contributed by atoms with Crippen molar-refractivity contribution in [3.63, 3.8) is 0 Å². The Labute approximate surface area is 186 Å². The molecule has 3 heterocycles. The average Bonchev–Trinajstić information content (AvgIpc) is 3.36. The highest BCUT2D eigenvalue weighted by molar-refractivity contribution is 9.10. The average molecular weight is 464 g/mol. The predicted molar refractivity (Wildman–Crippen MR) is 122 cm³/mol. The third-order valence-electron chi connectivity index (χ3n) is 6.81. The van der Waals surface area contributed by atoms with Crippen molar-refractivity contribution in [2.24, 2.45) is 0 Å². The molecule has 2 aliphatic heterocycles. The van der Waals surface area contributed by atoms with Gasteiger partial charge in [-0.1, -0.05) is 59.3 Å². The first-order chi connectivity index (χ1) is 14.6. The summed E-state index contributed by atoms with van der Waals surface area (Å²) in [4.78, 5) is 20.6. The van der Waals surface area contributed by atoms with Crippen molar-refractivity contribution < 1.29 is 4.79 Å². The van der Waals surface area contributed by atoms with Crippen LogP contribution in [0.3, 0.4) is 0 Å². The summed E-state index contributed by atoms with van der Waals surface area (Å²) in [6.07, 6.45) is 8.72. The second-order valence-electron chi connectivity index (χ2n) is 8.36. The number of piperidine rings is 1. The van der Waals surface area contributed by atoms with Gasteiger partial charge in [0.2, 0.25) is 5.91 Å². The van der Waals surface area contributed by atoms with Gasteiger partial charge in [0.05, 0.1) is 6.42 Å². The fourth-order valence-corrected chi connectivity index (χ4v) is 5.62. The van der Waals surface area contributed by atoms with E-state index in [4.69, 9.17) is 0 Å². The van der Waals surface area contributed by atoms with Gasteiger partial charge in [-0.3, -0.25) is 4.79 Å². The summed E-state index contributed by atoms with van der Waals surface area (Å²) < 4.78 is 3.25. The minimum Gasteiger partial charge on any atom is -0.340 e.